The molecule has 7 heteroatoms. The molecule has 0 saturated heterocycles. The van der Waals surface area contributed by atoms with Gasteiger partial charge in [-0.15, -0.1) is 11.3 Å². The van der Waals surface area contributed by atoms with Crippen molar-refractivity contribution in [1.82, 2.24) is 9.38 Å². The van der Waals surface area contributed by atoms with Crippen LogP contribution in [0.5, 0.6) is 0 Å². The van der Waals surface area contributed by atoms with Crippen molar-refractivity contribution in [3.8, 4) is 0 Å². The summed E-state index contributed by atoms with van der Waals surface area (Å²) in [6, 6.07) is 2.69. The van der Waals surface area contributed by atoms with Crippen molar-refractivity contribution in [3.05, 3.63) is 49.9 Å². The molecule has 110 valence electrons. The normalized spacial score (nSPS) is 11.3. The third kappa shape index (κ3) is 2.67. The maximum absolute atomic E-state index is 13.3. The summed E-state index contributed by atoms with van der Waals surface area (Å²) in [5, 5.41) is 5.68. The van der Waals surface area contributed by atoms with Crippen molar-refractivity contribution in [2.24, 2.45) is 0 Å². The van der Waals surface area contributed by atoms with E-state index in [0.717, 1.165) is 22.0 Å². The van der Waals surface area contributed by atoms with E-state index in [1.54, 1.807) is 11.3 Å². The van der Waals surface area contributed by atoms with Gasteiger partial charge in [-0.3, -0.25) is 4.40 Å². The van der Waals surface area contributed by atoms with Crippen LogP contribution < -0.4 is 5.32 Å². The highest BCUT2D eigenvalue weighted by Crippen LogP contribution is 2.32. The van der Waals surface area contributed by atoms with E-state index < -0.39 is 0 Å². The summed E-state index contributed by atoms with van der Waals surface area (Å²) in [6.45, 7) is 4.60. The number of anilines is 1. The third-order valence-corrected chi connectivity index (χ3v) is 5.14. The summed E-state index contributed by atoms with van der Waals surface area (Å²) < 4.78 is 16.0. The second kappa shape index (κ2) is 5.59. The molecular formula is C14H12BrClFN3S. The number of hydrogen-bond acceptors (Lipinski definition) is 3. The number of nitrogens with zero attached hydrogens (tertiary/aromatic N) is 2. The van der Waals surface area contributed by atoms with Crippen LogP contribution in [-0.2, 0) is 6.54 Å². The Morgan fingerprint density at radius 1 is 1.43 bits per heavy atom. The van der Waals surface area contributed by atoms with Crippen LogP contribution in [0.1, 0.15) is 17.1 Å². The lowest BCUT2D eigenvalue weighted by Crippen LogP contribution is -2.05. The van der Waals surface area contributed by atoms with E-state index in [-0.39, 0.29) is 5.82 Å². The molecule has 1 N–H and O–H groups in total. The van der Waals surface area contributed by atoms with E-state index in [9.17, 15) is 4.39 Å². The van der Waals surface area contributed by atoms with Gasteiger partial charge in [0, 0.05) is 15.5 Å². The lowest BCUT2D eigenvalue weighted by atomic mass is 10.3. The number of nitrogens with one attached hydrogen (secondary N) is 1. The second-order valence-corrected chi connectivity index (χ2v) is 6.84. The highest BCUT2D eigenvalue weighted by molar-refractivity contribution is 9.10. The van der Waals surface area contributed by atoms with Crippen molar-refractivity contribution in [2.45, 2.75) is 20.4 Å². The Bertz CT molecular complexity index is 804. The van der Waals surface area contributed by atoms with Crippen LogP contribution in [-0.4, -0.2) is 9.38 Å². The molecule has 3 nitrogen and oxygen atoms in total. The zero-order valence-electron chi connectivity index (χ0n) is 11.4. The molecule has 1 aromatic carbocycles. The zero-order valence-corrected chi connectivity index (χ0v) is 14.5. The zero-order chi connectivity index (χ0) is 15.1. The van der Waals surface area contributed by atoms with Gasteiger partial charge in [-0.05, 0) is 41.9 Å². The van der Waals surface area contributed by atoms with E-state index >= 15 is 0 Å². The molecule has 0 amide bonds. The Kier molecular flexibility index (Phi) is 3.94. The molecule has 0 saturated carbocycles. The van der Waals surface area contributed by atoms with Crippen molar-refractivity contribution < 1.29 is 4.39 Å². The molecule has 0 aliphatic heterocycles. The molecule has 0 aliphatic carbocycles. The van der Waals surface area contributed by atoms with Crippen LogP contribution in [0.2, 0.25) is 5.02 Å². The van der Waals surface area contributed by atoms with Crippen LogP contribution in [0.3, 0.4) is 0 Å². The smallest absolute Gasteiger partial charge is 0.194 e. The number of aromatic nitrogens is 2. The molecular weight excluding hydrogens is 377 g/mol. The number of rotatable bonds is 3. The van der Waals surface area contributed by atoms with Gasteiger partial charge >= 0.3 is 0 Å². The standard InChI is InChI=1S/C14H12BrClFN3S/c1-7-6-21-14-19-8(2)12(20(7)14)5-18-13-10(15)3-9(17)4-11(13)16/h3-4,6,18H,5H2,1-2H3. The molecule has 0 atom stereocenters. The largest absolute Gasteiger partial charge is 0.377 e. The molecule has 0 bridgehead atoms. The van der Waals surface area contributed by atoms with Gasteiger partial charge in [0.05, 0.1) is 28.6 Å². The van der Waals surface area contributed by atoms with Gasteiger partial charge in [0.25, 0.3) is 0 Å². The fourth-order valence-corrected chi connectivity index (χ4v) is 4.15. The summed E-state index contributed by atoms with van der Waals surface area (Å²) in [6.07, 6.45) is 0. The Morgan fingerprint density at radius 3 is 2.90 bits per heavy atom. The average molecular weight is 389 g/mol. The number of halogens is 3. The predicted octanol–water partition coefficient (Wildman–Crippen LogP) is 5.18. The van der Waals surface area contributed by atoms with Gasteiger partial charge in [0.15, 0.2) is 4.96 Å². The fraction of sp³-hybridized carbons (Fsp3) is 0.214. The van der Waals surface area contributed by atoms with Crippen molar-refractivity contribution in [1.29, 1.82) is 0 Å². The minimum absolute atomic E-state index is 0.349. The highest BCUT2D eigenvalue weighted by atomic mass is 79.9. The Labute approximate surface area is 138 Å². The lowest BCUT2D eigenvalue weighted by Gasteiger charge is -2.11. The highest BCUT2D eigenvalue weighted by Gasteiger charge is 2.14. The fourth-order valence-electron chi connectivity index (χ4n) is 2.26. The molecule has 2 heterocycles. The molecule has 0 aliphatic rings. The van der Waals surface area contributed by atoms with Gasteiger partial charge in [-0.25, -0.2) is 9.37 Å². The molecule has 2 aromatic heterocycles. The number of aryl methyl sites for hydroxylation is 2. The SMILES string of the molecule is Cc1nc2scc(C)n2c1CNc1c(Cl)cc(F)cc1Br. The first-order valence-electron chi connectivity index (χ1n) is 6.28. The van der Waals surface area contributed by atoms with E-state index in [1.165, 1.54) is 12.1 Å². The summed E-state index contributed by atoms with van der Waals surface area (Å²) in [5.74, 6) is -0.367. The number of benzene rings is 1. The molecule has 21 heavy (non-hydrogen) atoms. The monoisotopic (exact) mass is 387 g/mol. The summed E-state index contributed by atoms with van der Waals surface area (Å²) >= 11 is 11.0. The summed E-state index contributed by atoms with van der Waals surface area (Å²) in [7, 11) is 0. The third-order valence-electron chi connectivity index (χ3n) is 3.27. The first-order chi connectivity index (χ1) is 9.97. The van der Waals surface area contributed by atoms with E-state index in [4.69, 9.17) is 11.6 Å². The lowest BCUT2D eigenvalue weighted by molar-refractivity contribution is 0.627. The van der Waals surface area contributed by atoms with Crippen LogP contribution in [0.4, 0.5) is 10.1 Å². The summed E-state index contributed by atoms with van der Waals surface area (Å²) in [4.78, 5) is 5.52. The number of hydrogen-bond donors (Lipinski definition) is 1. The topological polar surface area (TPSA) is 29.3 Å². The number of imidazole rings is 1. The molecule has 0 unspecified atom stereocenters. The molecule has 0 radical (unpaired) electrons. The van der Waals surface area contributed by atoms with Crippen molar-refractivity contribution in [2.75, 3.05) is 5.32 Å². The maximum Gasteiger partial charge on any atom is 0.194 e. The minimum atomic E-state index is -0.367. The predicted molar refractivity (Wildman–Crippen MR) is 89.0 cm³/mol. The Balaban J connectivity index is 1.94. The Hall–Kier alpha value is -1.11. The van der Waals surface area contributed by atoms with Gasteiger partial charge in [-0.2, -0.15) is 0 Å². The minimum Gasteiger partial charge on any atom is -0.377 e. The van der Waals surface area contributed by atoms with E-state index in [0.29, 0.717) is 21.7 Å². The second-order valence-electron chi connectivity index (χ2n) is 4.74. The maximum atomic E-state index is 13.3. The van der Waals surface area contributed by atoms with E-state index in [2.05, 4.69) is 42.9 Å². The van der Waals surface area contributed by atoms with Crippen molar-refractivity contribution >= 4 is 49.5 Å². The van der Waals surface area contributed by atoms with Crippen LogP contribution >= 0.6 is 38.9 Å². The van der Waals surface area contributed by atoms with E-state index in [1.807, 2.05) is 6.92 Å². The Morgan fingerprint density at radius 2 is 2.19 bits per heavy atom. The molecule has 3 rings (SSSR count). The molecule has 0 fully saturated rings. The number of thiazole rings is 1. The van der Waals surface area contributed by atoms with Crippen LogP contribution in [0.25, 0.3) is 4.96 Å². The average Bonchev–Trinajstić information content (AvgIpc) is 2.89. The summed E-state index contributed by atoms with van der Waals surface area (Å²) in [5.41, 5.74) is 3.89. The molecule has 3 aromatic rings. The van der Waals surface area contributed by atoms with Crippen molar-refractivity contribution in [3.63, 3.8) is 0 Å². The quantitative estimate of drug-likeness (QED) is 0.670. The van der Waals surface area contributed by atoms with Crippen LogP contribution in [0, 0.1) is 19.7 Å². The van der Waals surface area contributed by atoms with Gasteiger partial charge < -0.3 is 5.32 Å². The van der Waals surface area contributed by atoms with Gasteiger partial charge in [0.2, 0.25) is 0 Å². The first-order valence-corrected chi connectivity index (χ1v) is 8.33. The van der Waals surface area contributed by atoms with Gasteiger partial charge in [-0.1, -0.05) is 11.6 Å². The van der Waals surface area contributed by atoms with Gasteiger partial charge in [0.1, 0.15) is 5.82 Å². The van der Waals surface area contributed by atoms with Crippen LogP contribution in [0.15, 0.2) is 22.0 Å². The number of fused-ring (bicyclic) bond motifs is 1. The molecule has 0 spiro atoms. The first kappa shape index (κ1) is 14.8.